The van der Waals surface area contributed by atoms with Crippen molar-refractivity contribution in [3.63, 3.8) is 0 Å². The van der Waals surface area contributed by atoms with E-state index in [1.807, 2.05) is 6.07 Å². The molecule has 6 nitrogen and oxygen atoms in total. The summed E-state index contributed by atoms with van der Waals surface area (Å²) in [7, 11) is 0. The Bertz CT molecular complexity index is 1270. The third-order valence-corrected chi connectivity index (χ3v) is 4.66. The summed E-state index contributed by atoms with van der Waals surface area (Å²) in [6.45, 7) is 0.236. The fourth-order valence-corrected chi connectivity index (χ4v) is 3.18. The Kier molecular flexibility index (Phi) is 4.52. The van der Waals surface area contributed by atoms with Gasteiger partial charge >= 0.3 is 5.56 Å². The first-order valence-electron chi connectivity index (χ1n) is 8.43. The number of nitrogens with zero attached hydrogens (tertiary/aromatic N) is 4. The molecule has 0 saturated heterocycles. The van der Waals surface area contributed by atoms with Gasteiger partial charge in [-0.05, 0) is 29.8 Å². The number of fused-ring (bicyclic) bond motifs is 1. The first-order valence-corrected chi connectivity index (χ1v) is 8.81. The lowest BCUT2D eigenvalue weighted by Gasteiger charge is -2.17. The largest absolute Gasteiger partial charge is 0.842 e. The van der Waals surface area contributed by atoms with Crippen molar-refractivity contribution in [2.45, 2.75) is 6.54 Å². The molecular weight excluding hydrogens is 376 g/mol. The van der Waals surface area contributed by atoms with Gasteiger partial charge in [0, 0.05) is 17.8 Å². The van der Waals surface area contributed by atoms with Crippen LogP contribution in [0.1, 0.15) is 11.1 Å². The maximum Gasteiger partial charge on any atom is 0.349 e. The standard InChI is InChI=1S/C21H13ClN4O2/c22-17-9-6-15(12-24-17)13-26-18-3-1-2-10-25(18)20(27)19(21(26)28)16-7-4-14(11-23)5-8-16/h1-10,12H,13H2. The zero-order chi connectivity index (χ0) is 19.7. The fourth-order valence-electron chi connectivity index (χ4n) is 3.07. The Balaban J connectivity index is 1.96. The third kappa shape index (κ3) is 3.08. The number of pyridine rings is 2. The lowest BCUT2D eigenvalue weighted by atomic mass is 10.1. The van der Waals surface area contributed by atoms with Crippen molar-refractivity contribution in [2.24, 2.45) is 0 Å². The molecule has 0 atom stereocenters. The lowest BCUT2D eigenvalue weighted by Crippen LogP contribution is -2.44. The van der Waals surface area contributed by atoms with Crippen LogP contribution in [0.15, 0.2) is 71.8 Å². The number of aromatic nitrogens is 3. The SMILES string of the molecule is N#Cc1ccc(-c2c([O-])[n+](Cc3ccc(Cl)nc3)c3ccccn3c2=O)cc1. The fraction of sp³-hybridized carbons (Fsp3) is 0.0476. The van der Waals surface area contributed by atoms with Gasteiger partial charge in [-0.2, -0.15) is 9.66 Å². The first kappa shape index (κ1) is 17.7. The van der Waals surface area contributed by atoms with E-state index in [1.165, 1.54) is 8.97 Å². The van der Waals surface area contributed by atoms with Crippen molar-refractivity contribution in [3.05, 3.63) is 93.6 Å². The number of hydrogen-bond acceptors (Lipinski definition) is 4. The molecule has 0 spiro atoms. The second-order valence-corrected chi connectivity index (χ2v) is 6.57. The number of nitriles is 1. The van der Waals surface area contributed by atoms with Gasteiger partial charge in [0.1, 0.15) is 17.3 Å². The molecule has 0 N–H and O–H groups in total. The van der Waals surface area contributed by atoms with E-state index in [0.717, 1.165) is 5.56 Å². The molecule has 7 heteroatoms. The summed E-state index contributed by atoms with van der Waals surface area (Å²) < 4.78 is 2.97. The summed E-state index contributed by atoms with van der Waals surface area (Å²) in [5, 5.41) is 22.6. The van der Waals surface area contributed by atoms with E-state index in [9.17, 15) is 9.90 Å². The minimum absolute atomic E-state index is 0.0510. The Morgan fingerprint density at radius 1 is 1.14 bits per heavy atom. The van der Waals surface area contributed by atoms with Gasteiger partial charge in [0.05, 0.1) is 23.7 Å². The summed E-state index contributed by atoms with van der Waals surface area (Å²) in [5.74, 6) is -0.407. The first-order chi connectivity index (χ1) is 13.6. The van der Waals surface area contributed by atoms with E-state index in [4.69, 9.17) is 16.9 Å². The van der Waals surface area contributed by atoms with Gasteiger partial charge in [0.25, 0.3) is 5.65 Å². The average Bonchev–Trinajstić information content (AvgIpc) is 2.73. The van der Waals surface area contributed by atoms with Crippen LogP contribution in [-0.4, -0.2) is 9.38 Å². The number of rotatable bonds is 3. The molecule has 136 valence electrons. The van der Waals surface area contributed by atoms with Gasteiger partial charge in [-0.15, -0.1) is 0 Å². The summed E-state index contributed by atoms with van der Waals surface area (Å²) in [6.07, 6.45) is 3.22. The zero-order valence-corrected chi connectivity index (χ0v) is 15.3. The normalized spacial score (nSPS) is 10.7. The van der Waals surface area contributed by atoms with Crippen LogP contribution < -0.4 is 15.2 Å². The number of halogens is 1. The topological polar surface area (TPSA) is 85.1 Å². The molecule has 0 aliphatic rings. The van der Waals surface area contributed by atoms with Crippen LogP contribution in [-0.2, 0) is 6.54 Å². The molecule has 28 heavy (non-hydrogen) atoms. The zero-order valence-electron chi connectivity index (χ0n) is 14.5. The van der Waals surface area contributed by atoms with Gasteiger partial charge in [-0.1, -0.05) is 35.9 Å². The van der Waals surface area contributed by atoms with E-state index >= 15 is 0 Å². The van der Waals surface area contributed by atoms with Crippen molar-refractivity contribution < 1.29 is 9.67 Å². The van der Waals surface area contributed by atoms with Crippen molar-refractivity contribution >= 4 is 17.2 Å². The van der Waals surface area contributed by atoms with Crippen LogP contribution in [0.2, 0.25) is 5.15 Å². The number of hydrogen-bond donors (Lipinski definition) is 0. The Morgan fingerprint density at radius 2 is 1.93 bits per heavy atom. The van der Waals surface area contributed by atoms with Crippen molar-refractivity contribution in [2.75, 3.05) is 0 Å². The molecule has 3 heterocycles. The summed E-state index contributed by atoms with van der Waals surface area (Å²) in [5.41, 5.74) is 1.82. The second-order valence-electron chi connectivity index (χ2n) is 6.18. The predicted octanol–water partition coefficient (Wildman–Crippen LogP) is 2.30. The number of benzene rings is 1. The minimum Gasteiger partial charge on any atom is -0.842 e. The van der Waals surface area contributed by atoms with Crippen LogP contribution in [0.3, 0.4) is 0 Å². The molecule has 0 bridgehead atoms. The molecule has 0 aliphatic carbocycles. The highest BCUT2D eigenvalue weighted by Gasteiger charge is 2.20. The molecule has 0 fully saturated rings. The predicted molar refractivity (Wildman–Crippen MR) is 102 cm³/mol. The third-order valence-electron chi connectivity index (χ3n) is 4.44. The maximum absolute atomic E-state index is 13.3. The highest BCUT2D eigenvalue weighted by Crippen LogP contribution is 2.22. The van der Waals surface area contributed by atoms with Crippen LogP contribution in [0.25, 0.3) is 16.8 Å². The van der Waals surface area contributed by atoms with Gasteiger partial charge in [0.15, 0.2) is 0 Å². The van der Waals surface area contributed by atoms with Crippen molar-refractivity contribution in [3.8, 4) is 23.1 Å². The molecule has 0 amide bonds. The van der Waals surface area contributed by atoms with Gasteiger partial charge in [-0.3, -0.25) is 0 Å². The second kappa shape index (κ2) is 7.14. The quantitative estimate of drug-likeness (QED) is 0.398. The van der Waals surface area contributed by atoms with E-state index in [-0.39, 0.29) is 12.1 Å². The van der Waals surface area contributed by atoms with Crippen LogP contribution >= 0.6 is 11.6 Å². The van der Waals surface area contributed by atoms with Gasteiger partial charge in [0.2, 0.25) is 0 Å². The molecule has 3 aromatic heterocycles. The molecule has 4 rings (SSSR count). The molecule has 0 aliphatic heterocycles. The Labute approximate surface area is 165 Å². The van der Waals surface area contributed by atoms with Crippen LogP contribution in [0.4, 0.5) is 0 Å². The average molecular weight is 389 g/mol. The van der Waals surface area contributed by atoms with Crippen LogP contribution in [0, 0.1) is 11.3 Å². The molecular formula is C21H13ClN4O2. The van der Waals surface area contributed by atoms with Crippen LogP contribution in [0.5, 0.6) is 5.88 Å². The Morgan fingerprint density at radius 3 is 2.61 bits per heavy atom. The summed E-state index contributed by atoms with van der Waals surface area (Å²) >= 11 is 5.84. The van der Waals surface area contributed by atoms with E-state index in [1.54, 1.807) is 67.0 Å². The van der Waals surface area contributed by atoms with Gasteiger partial charge < -0.3 is 5.11 Å². The molecule has 0 radical (unpaired) electrons. The minimum atomic E-state index is -0.407. The molecule has 0 unspecified atom stereocenters. The van der Waals surface area contributed by atoms with E-state index in [0.29, 0.717) is 21.9 Å². The smallest absolute Gasteiger partial charge is 0.349 e. The maximum atomic E-state index is 13.3. The van der Waals surface area contributed by atoms with E-state index < -0.39 is 11.4 Å². The lowest BCUT2D eigenvalue weighted by molar-refractivity contribution is -0.708. The van der Waals surface area contributed by atoms with E-state index in [2.05, 4.69) is 4.98 Å². The molecule has 4 aromatic rings. The van der Waals surface area contributed by atoms with Crippen molar-refractivity contribution in [1.29, 1.82) is 5.26 Å². The Hall–Kier alpha value is -3.69. The molecule has 1 aromatic carbocycles. The summed E-state index contributed by atoms with van der Waals surface area (Å²) in [4.78, 5) is 17.1. The van der Waals surface area contributed by atoms with Crippen molar-refractivity contribution in [1.82, 2.24) is 9.38 Å². The molecule has 0 saturated carbocycles. The summed E-state index contributed by atoms with van der Waals surface area (Å²) in [6, 6.07) is 17.1. The van der Waals surface area contributed by atoms with Gasteiger partial charge in [-0.25, -0.2) is 14.3 Å². The highest BCUT2D eigenvalue weighted by molar-refractivity contribution is 6.29. The highest BCUT2D eigenvalue weighted by atomic mass is 35.5. The monoisotopic (exact) mass is 388 g/mol.